The minimum absolute atomic E-state index is 0.0796. The van der Waals surface area contributed by atoms with Gasteiger partial charge < -0.3 is 14.4 Å². The van der Waals surface area contributed by atoms with Gasteiger partial charge >= 0.3 is 5.97 Å². The highest BCUT2D eigenvalue weighted by Gasteiger charge is 2.22. The molecule has 22 heavy (non-hydrogen) atoms. The Morgan fingerprint density at radius 2 is 2.14 bits per heavy atom. The summed E-state index contributed by atoms with van der Waals surface area (Å²) < 4.78 is 36.6. The quantitative estimate of drug-likeness (QED) is 0.824. The molecule has 2 N–H and O–H groups in total. The molecule has 1 atom stereocenters. The number of benzene rings is 1. The molecule has 1 aromatic carbocycles. The summed E-state index contributed by atoms with van der Waals surface area (Å²) in [5.74, 6) is -1.20. The van der Waals surface area contributed by atoms with E-state index in [0.29, 0.717) is 5.69 Å². The number of nitrogens with zero attached hydrogens (tertiary/aromatic N) is 1. The number of rotatable bonds is 6. The Morgan fingerprint density at radius 1 is 1.41 bits per heavy atom. The Labute approximate surface area is 126 Å². The minimum atomic E-state index is -3.92. The second-order valence-electron chi connectivity index (χ2n) is 4.43. The highest BCUT2D eigenvalue weighted by Crippen LogP contribution is 2.23. The van der Waals surface area contributed by atoms with Gasteiger partial charge in [0, 0.05) is 6.07 Å². The first-order valence-corrected chi connectivity index (χ1v) is 7.67. The number of nitrogens with one attached hydrogen (secondary N) is 1. The van der Waals surface area contributed by atoms with E-state index in [1.165, 1.54) is 31.6 Å². The Bertz CT molecular complexity index is 770. The molecule has 1 aromatic heterocycles. The molecule has 0 fully saturated rings. The summed E-state index contributed by atoms with van der Waals surface area (Å²) in [6, 6.07) is 4.50. The van der Waals surface area contributed by atoms with Crippen molar-refractivity contribution in [3.05, 3.63) is 41.8 Å². The van der Waals surface area contributed by atoms with Gasteiger partial charge in [0.1, 0.15) is 23.3 Å². The van der Waals surface area contributed by atoms with Crippen LogP contribution >= 0.6 is 0 Å². The summed E-state index contributed by atoms with van der Waals surface area (Å²) in [6.45, 7) is 1.59. The number of ether oxygens (including phenoxy) is 1. The standard InChI is InChI=1S/C13H14N2O6S/c1-8(11-5-6-21-14-11)15-22(18,19)9-3-4-12(20-2)10(7-9)13(16)17/h3-8,15H,1-2H3,(H,16,17)/t8-/m1/s1. The Morgan fingerprint density at radius 3 is 2.68 bits per heavy atom. The maximum atomic E-state index is 12.3. The summed E-state index contributed by atoms with van der Waals surface area (Å²) in [5, 5.41) is 12.8. The number of aromatic nitrogens is 1. The lowest BCUT2D eigenvalue weighted by atomic mass is 10.2. The van der Waals surface area contributed by atoms with Crippen LogP contribution in [0, 0.1) is 0 Å². The van der Waals surface area contributed by atoms with Gasteiger partial charge in [0.15, 0.2) is 0 Å². The van der Waals surface area contributed by atoms with Crippen molar-refractivity contribution >= 4 is 16.0 Å². The summed E-state index contributed by atoms with van der Waals surface area (Å²) in [4.78, 5) is 11.0. The molecule has 2 rings (SSSR count). The number of sulfonamides is 1. The number of carboxylic acids is 1. The van der Waals surface area contributed by atoms with E-state index < -0.39 is 22.0 Å². The molecule has 0 saturated heterocycles. The number of carbonyl (C=O) groups is 1. The summed E-state index contributed by atoms with van der Waals surface area (Å²) >= 11 is 0. The molecule has 118 valence electrons. The molecular formula is C13H14N2O6S. The molecule has 0 radical (unpaired) electrons. The average molecular weight is 326 g/mol. The van der Waals surface area contributed by atoms with Crippen molar-refractivity contribution in [2.45, 2.75) is 17.9 Å². The molecule has 1 heterocycles. The van der Waals surface area contributed by atoms with Crippen LogP contribution in [0.25, 0.3) is 0 Å². The van der Waals surface area contributed by atoms with Crippen molar-refractivity contribution in [1.29, 1.82) is 0 Å². The number of aromatic carboxylic acids is 1. The third-order valence-electron chi connectivity index (χ3n) is 2.95. The predicted molar refractivity (Wildman–Crippen MR) is 75.2 cm³/mol. The fourth-order valence-corrected chi connectivity index (χ4v) is 3.07. The van der Waals surface area contributed by atoms with Crippen LogP contribution in [0.3, 0.4) is 0 Å². The third kappa shape index (κ3) is 3.26. The molecular weight excluding hydrogens is 312 g/mol. The van der Waals surface area contributed by atoms with E-state index in [2.05, 4.69) is 14.4 Å². The molecule has 0 aliphatic rings. The summed E-state index contributed by atoms with van der Waals surface area (Å²) in [6.07, 6.45) is 1.33. The first-order valence-electron chi connectivity index (χ1n) is 6.19. The Kier molecular flexibility index (Phi) is 4.48. The first-order chi connectivity index (χ1) is 10.3. The molecule has 0 aliphatic heterocycles. The lowest BCUT2D eigenvalue weighted by Gasteiger charge is -2.13. The highest BCUT2D eigenvalue weighted by atomic mass is 32.2. The van der Waals surface area contributed by atoms with Gasteiger partial charge in [0.05, 0.1) is 18.0 Å². The van der Waals surface area contributed by atoms with E-state index in [9.17, 15) is 13.2 Å². The fourth-order valence-electron chi connectivity index (χ4n) is 1.83. The van der Waals surface area contributed by atoms with Crippen molar-refractivity contribution < 1.29 is 27.6 Å². The second kappa shape index (κ2) is 6.16. The van der Waals surface area contributed by atoms with Crippen LogP contribution in [0.4, 0.5) is 0 Å². The largest absolute Gasteiger partial charge is 0.496 e. The maximum Gasteiger partial charge on any atom is 0.339 e. The van der Waals surface area contributed by atoms with E-state index in [-0.39, 0.29) is 16.2 Å². The zero-order valence-electron chi connectivity index (χ0n) is 11.8. The number of carboxylic acid groups (broad SMARTS) is 1. The van der Waals surface area contributed by atoms with Crippen molar-refractivity contribution in [2.24, 2.45) is 0 Å². The molecule has 0 bridgehead atoms. The smallest absolute Gasteiger partial charge is 0.339 e. The van der Waals surface area contributed by atoms with Gasteiger partial charge in [-0.2, -0.15) is 0 Å². The van der Waals surface area contributed by atoms with Crippen molar-refractivity contribution in [3.8, 4) is 5.75 Å². The molecule has 0 unspecified atom stereocenters. The van der Waals surface area contributed by atoms with Gasteiger partial charge in [-0.3, -0.25) is 0 Å². The SMILES string of the molecule is COc1ccc(S(=O)(=O)N[C@H](C)c2ccon2)cc1C(=O)O. The first kappa shape index (κ1) is 16.0. The monoisotopic (exact) mass is 326 g/mol. The van der Waals surface area contributed by atoms with Gasteiger partial charge in [0.2, 0.25) is 10.0 Å². The van der Waals surface area contributed by atoms with Crippen LogP contribution in [0.2, 0.25) is 0 Å². The Balaban J connectivity index is 2.33. The highest BCUT2D eigenvalue weighted by molar-refractivity contribution is 7.89. The molecule has 9 heteroatoms. The van der Waals surface area contributed by atoms with Crippen LogP contribution in [-0.2, 0) is 10.0 Å². The Hall–Kier alpha value is -2.39. The zero-order chi connectivity index (χ0) is 16.3. The lowest BCUT2D eigenvalue weighted by molar-refractivity contribution is 0.0693. The maximum absolute atomic E-state index is 12.3. The van der Waals surface area contributed by atoms with E-state index in [1.54, 1.807) is 6.92 Å². The average Bonchev–Trinajstić information content (AvgIpc) is 3.00. The second-order valence-corrected chi connectivity index (χ2v) is 6.15. The van der Waals surface area contributed by atoms with Crippen LogP contribution in [0.1, 0.15) is 29.0 Å². The van der Waals surface area contributed by atoms with Crippen LogP contribution in [0.5, 0.6) is 5.75 Å². The third-order valence-corrected chi connectivity index (χ3v) is 4.48. The van der Waals surface area contributed by atoms with Gasteiger partial charge in [-0.1, -0.05) is 5.16 Å². The predicted octanol–water partition coefficient (Wildman–Crippen LogP) is 1.42. The molecule has 0 spiro atoms. The van der Waals surface area contributed by atoms with E-state index >= 15 is 0 Å². The van der Waals surface area contributed by atoms with Crippen molar-refractivity contribution in [2.75, 3.05) is 7.11 Å². The van der Waals surface area contributed by atoms with Crippen LogP contribution in [-0.4, -0.2) is 31.8 Å². The van der Waals surface area contributed by atoms with Gasteiger partial charge in [-0.05, 0) is 25.1 Å². The summed E-state index contributed by atoms with van der Waals surface area (Å²) in [7, 11) is -2.61. The summed E-state index contributed by atoms with van der Waals surface area (Å²) in [5.41, 5.74) is 0.176. The van der Waals surface area contributed by atoms with Crippen molar-refractivity contribution in [3.63, 3.8) is 0 Å². The van der Waals surface area contributed by atoms with Crippen LogP contribution < -0.4 is 9.46 Å². The van der Waals surface area contributed by atoms with Gasteiger partial charge in [0.25, 0.3) is 0 Å². The minimum Gasteiger partial charge on any atom is -0.496 e. The van der Waals surface area contributed by atoms with E-state index in [1.807, 2.05) is 0 Å². The molecule has 2 aromatic rings. The number of methoxy groups -OCH3 is 1. The fraction of sp³-hybridized carbons (Fsp3) is 0.231. The van der Waals surface area contributed by atoms with Crippen molar-refractivity contribution in [1.82, 2.24) is 9.88 Å². The molecule has 0 amide bonds. The van der Waals surface area contributed by atoms with E-state index in [0.717, 1.165) is 6.07 Å². The van der Waals surface area contributed by atoms with E-state index in [4.69, 9.17) is 9.84 Å². The molecule has 8 nitrogen and oxygen atoms in total. The number of hydrogen-bond donors (Lipinski definition) is 2. The van der Waals surface area contributed by atoms with Crippen LogP contribution in [0.15, 0.2) is 39.9 Å². The molecule has 0 aliphatic carbocycles. The van der Waals surface area contributed by atoms with Gasteiger partial charge in [-0.15, -0.1) is 0 Å². The normalized spacial score (nSPS) is 12.8. The lowest BCUT2D eigenvalue weighted by Crippen LogP contribution is -2.27. The topological polar surface area (TPSA) is 119 Å². The molecule has 0 saturated carbocycles. The van der Waals surface area contributed by atoms with Gasteiger partial charge in [-0.25, -0.2) is 17.9 Å². The number of hydrogen-bond acceptors (Lipinski definition) is 6. The zero-order valence-corrected chi connectivity index (χ0v) is 12.6.